The van der Waals surface area contributed by atoms with E-state index >= 15 is 0 Å². The second-order valence-electron chi connectivity index (χ2n) is 5.36. The number of carbonyl (C=O) groups is 1. The maximum atomic E-state index is 12.4. The molecule has 1 saturated heterocycles. The first kappa shape index (κ1) is 13.8. The van der Waals surface area contributed by atoms with Crippen molar-refractivity contribution in [1.29, 1.82) is 0 Å². The SMILES string of the molecule is O=C(c1cnn(-c2ccccc2)c1)c1nc(C2CCOC2)no1. The lowest BCUT2D eigenvalue weighted by molar-refractivity contribution is 0.0994. The Morgan fingerprint density at radius 3 is 2.91 bits per heavy atom. The van der Waals surface area contributed by atoms with E-state index in [0.29, 0.717) is 24.6 Å². The van der Waals surface area contributed by atoms with Gasteiger partial charge in [0, 0.05) is 18.7 Å². The van der Waals surface area contributed by atoms with Gasteiger partial charge in [-0.05, 0) is 18.6 Å². The molecule has 1 unspecified atom stereocenters. The zero-order valence-corrected chi connectivity index (χ0v) is 12.3. The van der Waals surface area contributed by atoms with Crippen molar-refractivity contribution >= 4 is 5.78 Å². The lowest BCUT2D eigenvalue weighted by atomic mass is 10.1. The van der Waals surface area contributed by atoms with E-state index in [2.05, 4.69) is 15.2 Å². The topological polar surface area (TPSA) is 83.0 Å². The predicted octanol–water partition coefficient (Wildman–Crippen LogP) is 1.99. The summed E-state index contributed by atoms with van der Waals surface area (Å²) in [5.74, 6) is 0.290. The zero-order valence-electron chi connectivity index (χ0n) is 12.3. The van der Waals surface area contributed by atoms with Crippen LogP contribution in [-0.2, 0) is 4.74 Å². The summed E-state index contributed by atoms with van der Waals surface area (Å²) in [7, 11) is 0. The average molecular weight is 310 g/mol. The Balaban J connectivity index is 1.56. The molecule has 0 spiro atoms. The van der Waals surface area contributed by atoms with E-state index in [-0.39, 0.29) is 17.6 Å². The summed E-state index contributed by atoms with van der Waals surface area (Å²) in [4.78, 5) is 16.6. The Labute approximate surface area is 131 Å². The van der Waals surface area contributed by atoms with Crippen molar-refractivity contribution in [3.63, 3.8) is 0 Å². The number of benzene rings is 1. The van der Waals surface area contributed by atoms with Crippen LogP contribution in [0.2, 0.25) is 0 Å². The molecule has 1 aromatic carbocycles. The van der Waals surface area contributed by atoms with Crippen LogP contribution >= 0.6 is 0 Å². The number of carbonyl (C=O) groups excluding carboxylic acids is 1. The second-order valence-corrected chi connectivity index (χ2v) is 5.36. The van der Waals surface area contributed by atoms with Crippen molar-refractivity contribution in [2.75, 3.05) is 13.2 Å². The quantitative estimate of drug-likeness (QED) is 0.685. The summed E-state index contributed by atoms with van der Waals surface area (Å²) >= 11 is 0. The van der Waals surface area contributed by atoms with Gasteiger partial charge in [0.2, 0.25) is 0 Å². The molecule has 3 heterocycles. The number of ether oxygens (including phenoxy) is 1. The van der Waals surface area contributed by atoms with Crippen molar-refractivity contribution in [1.82, 2.24) is 19.9 Å². The third kappa shape index (κ3) is 2.66. The van der Waals surface area contributed by atoms with Crippen molar-refractivity contribution < 1.29 is 14.1 Å². The maximum Gasteiger partial charge on any atom is 0.299 e. The average Bonchev–Trinajstić information content (AvgIpc) is 3.35. The fourth-order valence-corrected chi connectivity index (χ4v) is 2.52. The molecule has 0 amide bonds. The van der Waals surface area contributed by atoms with E-state index < -0.39 is 0 Å². The molecule has 3 aromatic rings. The van der Waals surface area contributed by atoms with Crippen LogP contribution in [0, 0.1) is 0 Å². The molecule has 0 saturated carbocycles. The lowest BCUT2D eigenvalue weighted by Crippen LogP contribution is -2.03. The van der Waals surface area contributed by atoms with E-state index in [1.165, 1.54) is 6.20 Å². The molecule has 0 bridgehead atoms. The molecule has 0 aliphatic carbocycles. The van der Waals surface area contributed by atoms with Gasteiger partial charge >= 0.3 is 0 Å². The summed E-state index contributed by atoms with van der Waals surface area (Å²) in [5.41, 5.74) is 1.28. The number of para-hydroxylation sites is 1. The Bertz CT molecular complexity index is 819. The highest BCUT2D eigenvalue weighted by Gasteiger charge is 2.26. The molecular weight excluding hydrogens is 296 g/mol. The van der Waals surface area contributed by atoms with Crippen LogP contribution in [0.5, 0.6) is 0 Å². The number of hydrogen-bond donors (Lipinski definition) is 0. The minimum Gasteiger partial charge on any atom is -0.381 e. The molecule has 7 nitrogen and oxygen atoms in total. The van der Waals surface area contributed by atoms with Crippen LogP contribution in [0.15, 0.2) is 47.2 Å². The second kappa shape index (κ2) is 5.77. The molecule has 1 atom stereocenters. The highest BCUT2D eigenvalue weighted by molar-refractivity contribution is 6.05. The number of nitrogens with zero attached hydrogens (tertiary/aromatic N) is 4. The minimum absolute atomic E-state index is 0.0143. The Kier molecular flexibility index (Phi) is 3.47. The zero-order chi connectivity index (χ0) is 15.6. The van der Waals surface area contributed by atoms with Gasteiger partial charge in [-0.1, -0.05) is 23.4 Å². The highest BCUT2D eigenvalue weighted by atomic mass is 16.5. The molecular formula is C16H14N4O3. The first-order chi connectivity index (χ1) is 11.3. The Morgan fingerprint density at radius 2 is 2.13 bits per heavy atom. The van der Waals surface area contributed by atoms with Gasteiger partial charge < -0.3 is 9.26 Å². The molecule has 4 rings (SSSR count). The smallest absolute Gasteiger partial charge is 0.299 e. The third-order valence-corrected chi connectivity index (χ3v) is 3.80. The van der Waals surface area contributed by atoms with E-state index in [0.717, 1.165) is 12.1 Å². The highest BCUT2D eigenvalue weighted by Crippen LogP contribution is 2.23. The third-order valence-electron chi connectivity index (χ3n) is 3.80. The van der Waals surface area contributed by atoms with Gasteiger partial charge in [0.25, 0.3) is 11.7 Å². The van der Waals surface area contributed by atoms with Gasteiger partial charge in [0.15, 0.2) is 5.82 Å². The summed E-state index contributed by atoms with van der Waals surface area (Å²) < 4.78 is 12.0. The van der Waals surface area contributed by atoms with E-state index in [9.17, 15) is 4.79 Å². The van der Waals surface area contributed by atoms with Crippen molar-refractivity contribution in [2.24, 2.45) is 0 Å². The van der Waals surface area contributed by atoms with Gasteiger partial charge in [-0.25, -0.2) is 4.68 Å². The maximum absolute atomic E-state index is 12.4. The Morgan fingerprint density at radius 1 is 1.26 bits per heavy atom. The first-order valence-corrected chi connectivity index (χ1v) is 7.37. The largest absolute Gasteiger partial charge is 0.381 e. The van der Waals surface area contributed by atoms with Crippen molar-refractivity contribution in [3.8, 4) is 5.69 Å². The first-order valence-electron chi connectivity index (χ1n) is 7.37. The molecule has 0 radical (unpaired) electrons. The van der Waals surface area contributed by atoms with E-state index in [4.69, 9.17) is 9.26 Å². The molecule has 116 valence electrons. The summed E-state index contributed by atoms with van der Waals surface area (Å²) in [6, 6.07) is 9.56. The predicted molar refractivity (Wildman–Crippen MR) is 79.5 cm³/mol. The van der Waals surface area contributed by atoms with Crippen LogP contribution < -0.4 is 0 Å². The van der Waals surface area contributed by atoms with Crippen LogP contribution in [0.25, 0.3) is 5.69 Å². The van der Waals surface area contributed by atoms with E-state index in [1.54, 1.807) is 10.9 Å². The standard InChI is InChI=1S/C16H14N4O3/c21-14(16-18-15(19-23-16)11-6-7-22-10-11)12-8-17-20(9-12)13-4-2-1-3-5-13/h1-5,8-9,11H,6-7,10H2. The molecule has 0 N–H and O–H groups in total. The van der Waals surface area contributed by atoms with E-state index in [1.807, 2.05) is 30.3 Å². The normalized spacial score (nSPS) is 17.5. The van der Waals surface area contributed by atoms with Crippen LogP contribution in [-0.4, -0.2) is 38.9 Å². The van der Waals surface area contributed by atoms with Gasteiger partial charge in [-0.2, -0.15) is 10.1 Å². The van der Waals surface area contributed by atoms with Crippen molar-refractivity contribution in [2.45, 2.75) is 12.3 Å². The molecule has 23 heavy (non-hydrogen) atoms. The van der Waals surface area contributed by atoms with Gasteiger partial charge in [0.1, 0.15) is 0 Å². The molecule has 2 aromatic heterocycles. The molecule has 1 aliphatic rings. The van der Waals surface area contributed by atoms with Crippen LogP contribution in [0.3, 0.4) is 0 Å². The van der Waals surface area contributed by atoms with Crippen LogP contribution in [0.4, 0.5) is 0 Å². The number of ketones is 1. The summed E-state index contributed by atoms with van der Waals surface area (Å²) in [5, 5.41) is 8.10. The van der Waals surface area contributed by atoms with Crippen molar-refractivity contribution in [3.05, 3.63) is 60.0 Å². The van der Waals surface area contributed by atoms with Gasteiger partial charge in [-0.3, -0.25) is 4.79 Å². The minimum atomic E-state index is -0.329. The summed E-state index contributed by atoms with van der Waals surface area (Å²) in [6.07, 6.45) is 4.00. The molecule has 7 heteroatoms. The Hall–Kier alpha value is -2.80. The van der Waals surface area contributed by atoms with Gasteiger partial charge in [-0.15, -0.1) is 0 Å². The number of aromatic nitrogens is 4. The lowest BCUT2D eigenvalue weighted by Gasteiger charge is -1.98. The fourth-order valence-electron chi connectivity index (χ4n) is 2.52. The number of hydrogen-bond acceptors (Lipinski definition) is 6. The van der Waals surface area contributed by atoms with Crippen LogP contribution in [0.1, 0.15) is 34.4 Å². The monoisotopic (exact) mass is 310 g/mol. The molecule has 1 fully saturated rings. The molecule has 1 aliphatic heterocycles. The van der Waals surface area contributed by atoms with Gasteiger partial charge in [0.05, 0.1) is 24.1 Å². The fraction of sp³-hybridized carbons (Fsp3) is 0.250. The summed E-state index contributed by atoms with van der Waals surface area (Å²) in [6.45, 7) is 1.26. The number of rotatable bonds is 4.